The summed E-state index contributed by atoms with van der Waals surface area (Å²) in [5, 5.41) is 3.59. The van der Waals surface area contributed by atoms with Gasteiger partial charge in [0.1, 0.15) is 5.82 Å². The fraction of sp³-hybridized carbons (Fsp3) is 0.471. The molecule has 1 heterocycles. The molecule has 3 nitrogen and oxygen atoms in total. The van der Waals surface area contributed by atoms with Crippen LogP contribution in [0.5, 0.6) is 0 Å². The van der Waals surface area contributed by atoms with E-state index in [-0.39, 0.29) is 5.41 Å². The van der Waals surface area contributed by atoms with E-state index in [4.69, 9.17) is 0 Å². The van der Waals surface area contributed by atoms with Crippen LogP contribution in [0.2, 0.25) is 0 Å². The molecule has 0 bridgehead atoms. The maximum absolute atomic E-state index is 4.52. The lowest BCUT2D eigenvalue weighted by molar-refractivity contribution is 0.246. The van der Waals surface area contributed by atoms with Gasteiger partial charge in [-0.15, -0.1) is 0 Å². The predicted molar refractivity (Wildman–Crippen MR) is 84.6 cm³/mol. The van der Waals surface area contributed by atoms with Gasteiger partial charge in [0.15, 0.2) is 0 Å². The fourth-order valence-electron chi connectivity index (χ4n) is 2.39. The van der Waals surface area contributed by atoms with Crippen LogP contribution in [0.3, 0.4) is 0 Å². The minimum absolute atomic E-state index is 0.217. The Kier molecular flexibility index (Phi) is 4.61. The molecule has 1 aromatic carbocycles. The normalized spacial score (nSPS) is 13.4. The maximum atomic E-state index is 4.52. The van der Waals surface area contributed by atoms with Crippen molar-refractivity contribution in [3.63, 3.8) is 0 Å². The van der Waals surface area contributed by atoms with Crippen molar-refractivity contribution in [1.82, 2.24) is 14.9 Å². The van der Waals surface area contributed by atoms with Crippen LogP contribution in [0.25, 0.3) is 11.4 Å². The SMILES string of the molecule is CCNC(Cn1ccnc1-c1ccccc1)C(C)(C)C. The Balaban J connectivity index is 2.24. The highest BCUT2D eigenvalue weighted by Gasteiger charge is 2.24. The number of benzene rings is 1. The molecule has 2 aromatic rings. The third kappa shape index (κ3) is 3.48. The molecule has 0 radical (unpaired) electrons. The van der Waals surface area contributed by atoms with Gasteiger partial charge in [0.2, 0.25) is 0 Å². The molecule has 20 heavy (non-hydrogen) atoms. The summed E-state index contributed by atoms with van der Waals surface area (Å²) in [7, 11) is 0. The standard InChI is InChI=1S/C17H25N3/c1-5-18-15(17(2,3)4)13-20-12-11-19-16(20)14-9-7-6-8-10-14/h6-12,15,18H,5,13H2,1-4H3. The van der Waals surface area contributed by atoms with Gasteiger partial charge in [-0.05, 0) is 12.0 Å². The molecule has 1 aromatic heterocycles. The minimum atomic E-state index is 0.217. The highest BCUT2D eigenvalue weighted by molar-refractivity contribution is 5.55. The summed E-state index contributed by atoms with van der Waals surface area (Å²) in [6.45, 7) is 10.9. The summed E-state index contributed by atoms with van der Waals surface area (Å²) >= 11 is 0. The topological polar surface area (TPSA) is 29.9 Å². The molecule has 2 rings (SSSR count). The highest BCUT2D eigenvalue weighted by Crippen LogP contribution is 2.23. The molecular formula is C17H25N3. The molecule has 0 aliphatic heterocycles. The largest absolute Gasteiger partial charge is 0.329 e. The van der Waals surface area contributed by atoms with E-state index < -0.39 is 0 Å². The van der Waals surface area contributed by atoms with Crippen molar-refractivity contribution in [2.75, 3.05) is 6.54 Å². The first-order valence-corrected chi connectivity index (χ1v) is 7.32. The Labute approximate surface area is 122 Å². The summed E-state index contributed by atoms with van der Waals surface area (Å²) in [4.78, 5) is 4.52. The van der Waals surface area contributed by atoms with Crippen molar-refractivity contribution in [2.24, 2.45) is 5.41 Å². The van der Waals surface area contributed by atoms with Crippen molar-refractivity contribution in [2.45, 2.75) is 40.3 Å². The quantitative estimate of drug-likeness (QED) is 0.901. The van der Waals surface area contributed by atoms with E-state index in [9.17, 15) is 0 Å². The first kappa shape index (κ1) is 14.8. The molecule has 0 spiro atoms. The van der Waals surface area contributed by atoms with Crippen molar-refractivity contribution in [3.8, 4) is 11.4 Å². The van der Waals surface area contributed by atoms with Gasteiger partial charge in [0, 0.05) is 30.5 Å². The van der Waals surface area contributed by atoms with Crippen molar-refractivity contribution < 1.29 is 0 Å². The van der Waals surface area contributed by atoms with Gasteiger partial charge < -0.3 is 9.88 Å². The number of aromatic nitrogens is 2. The Morgan fingerprint density at radius 1 is 1.20 bits per heavy atom. The van der Waals surface area contributed by atoms with E-state index in [0.717, 1.165) is 18.9 Å². The van der Waals surface area contributed by atoms with Crippen LogP contribution in [0.15, 0.2) is 42.7 Å². The van der Waals surface area contributed by atoms with Gasteiger partial charge in [0.25, 0.3) is 0 Å². The van der Waals surface area contributed by atoms with E-state index >= 15 is 0 Å². The molecule has 0 amide bonds. The summed E-state index contributed by atoms with van der Waals surface area (Å²) in [6.07, 6.45) is 3.95. The zero-order valence-corrected chi connectivity index (χ0v) is 12.9. The number of rotatable bonds is 5. The number of likely N-dealkylation sites (N-methyl/N-ethyl adjacent to an activating group) is 1. The third-order valence-corrected chi connectivity index (χ3v) is 3.62. The summed E-state index contributed by atoms with van der Waals surface area (Å²) < 4.78 is 2.24. The monoisotopic (exact) mass is 271 g/mol. The zero-order valence-electron chi connectivity index (χ0n) is 12.9. The molecule has 0 aliphatic rings. The first-order chi connectivity index (χ1) is 9.52. The second kappa shape index (κ2) is 6.23. The van der Waals surface area contributed by atoms with Crippen LogP contribution in [-0.2, 0) is 6.54 Å². The fourth-order valence-corrected chi connectivity index (χ4v) is 2.39. The van der Waals surface area contributed by atoms with Crippen molar-refractivity contribution >= 4 is 0 Å². The molecule has 0 saturated carbocycles. The number of hydrogen-bond acceptors (Lipinski definition) is 2. The molecule has 0 aliphatic carbocycles. The van der Waals surface area contributed by atoms with E-state index in [1.807, 2.05) is 12.3 Å². The van der Waals surface area contributed by atoms with E-state index in [0.29, 0.717) is 6.04 Å². The van der Waals surface area contributed by atoms with Crippen molar-refractivity contribution in [3.05, 3.63) is 42.7 Å². The van der Waals surface area contributed by atoms with Crippen LogP contribution in [0.1, 0.15) is 27.7 Å². The van der Waals surface area contributed by atoms with E-state index in [2.05, 4.69) is 73.0 Å². The lowest BCUT2D eigenvalue weighted by Crippen LogP contribution is -2.43. The van der Waals surface area contributed by atoms with Gasteiger partial charge in [-0.2, -0.15) is 0 Å². The Morgan fingerprint density at radius 2 is 1.90 bits per heavy atom. The lowest BCUT2D eigenvalue weighted by Gasteiger charge is -2.32. The van der Waals surface area contributed by atoms with Crippen LogP contribution < -0.4 is 5.32 Å². The van der Waals surface area contributed by atoms with Gasteiger partial charge >= 0.3 is 0 Å². The van der Waals surface area contributed by atoms with Gasteiger partial charge in [-0.25, -0.2) is 4.98 Å². The number of nitrogens with zero attached hydrogens (tertiary/aromatic N) is 2. The van der Waals surface area contributed by atoms with E-state index in [1.165, 1.54) is 5.56 Å². The molecule has 1 N–H and O–H groups in total. The minimum Gasteiger partial charge on any atom is -0.329 e. The Hall–Kier alpha value is -1.61. The summed E-state index contributed by atoms with van der Waals surface area (Å²) in [5.74, 6) is 1.04. The second-order valence-electron chi connectivity index (χ2n) is 6.25. The molecule has 1 unspecified atom stereocenters. The van der Waals surface area contributed by atoms with Gasteiger partial charge in [-0.3, -0.25) is 0 Å². The molecule has 3 heteroatoms. The molecule has 1 atom stereocenters. The summed E-state index contributed by atoms with van der Waals surface area (Å²) in [5.41, 5.74) is 1.38. The predicted octanol–water partition coefficient (Wildman–Crippen LogP) is 3.57. The molecule has 0 fully saturated rings. The van der Waals surface area contributed by atoms with Crippen molar-refractivity contribution in [1.29, 1.82) is 0 Å². The average Bonchev–Trinajstić information content (AvgIpc) is 2.86. The lowest BCUT2D eigenvalue weighted by atomic mass is 9.86. The van der Waals surface area contributed by atoms with Crippen LogP contribution >= 0.6 is 0 Å². The highest BCUT2D eigenvalue weighted by atomic mass is 15.1. The summed E-state index contributed by atoms with van der Waals surface area (Å²) in [6, 6.07) is 10.8. The smallest absolute Gasteiger partial charge is 0.139 e. The first-order valence-electron chi connectivity index (χ1n) is 7.32. The Bertz CT molecular complexity index is 523. The van der Waals surface area contributed by atoms with Crippen LogP contribution in [-0.4, -0.2) is 22.1 Å². The van der Waals surface area contributed by atoms with E-state index in [1.54, 1.807) is 0 Å². The Morgan fingerprint density at radius 3 is 2.50 bits per heavy atom. The molecule has 0 saturated heterocycles. The zero-order chi connectivity index (χ0) is 14.6. The number of nitrogens with one attached hydrogen (secondary N) is 1. The third-order valence-electron chi connectivity index (χ3n) is 3.62. The number of imidazole rings is 1. The molecule has 108 valence electrons. The number of hydrogen-bond donors (Lipinski definition) is 1. The van der Waals surface area contributed by atoms with Gasteiger partial charge in [0.05, 0.1) is 0 Å². The maximum Gasteiger partial charge on any atom is 0.139 e. The van der Waals surface area contributed by atoms with Crippen LogP contribution in [0, 0.1) is 5.41 Å². The average molecular weight is 271 g/mol. The van der Waals surface area contributed by atoms with Gasteiger partial charge in [-0.1, -0.05) is 58.0 Å². The second-order valence-corrected chi connectivity index (χ2v) is 6.25. The van der Waals surface area contributed by atoms with Crippen LogP contribution in [0.4, 0.5) is 0 Å². The molecular weight excluding hydrogens is 246 g/mol.